The summed E-state index contributed by atoms with van der Waals surface area (Å²) in [5, 5.41) is 4.58. The number of hydrogen-bond donors (Lipinski definition) is 2. The van der Waals surface area contributed by atoms with Crippen molar-refractivity contribution in [2.45, 2.75) is 19.4 Å². The van der Waals surface area contributed by atoms with Crippen molar-refractivity contribution >= 4 is 28.4 Å². The number of amides is 1. The van der Waals surface area contributed by atoms with Crippen molar-refractivity contribution in [1.29, 1.82) is 0 Å². The van der Waals surface area contributed by atoms with E-state index in [0.717, 1.165) is 38.7 Å². The molecular formula is C30H24ClN3O2. The van der Waals surface area contributed by atoms with Gasteiger partial charge < -0.3 is 10.3 Å². The van der Waals surface area contributed by atoms with Crippen molar-refractivity contribution < 1.29 is 4.79 Å². The molecule has 0 aliphatic heterocycles. The van der Waals surface area contributed by atoms with Gasteiger partial charge in [-0.1, -0.05) is 54.1 Å². The van der Waals surface area contributed by atoms with Crippen LogP contribution >= 0.6 is 11.6 Å². The van der Waals surface area contributed by atoms with Crippen LogP contribution < -0.4 is 10.9 Å². The summed E-state index contributed by atoms with van der Waals surface area (Å²) < 4.78 is 0. The van der Waals surface area contributed by atoms with Crippen molar-refractivity contribution in [3.8, 4) is 0 Å². The molecule has 2 N–H and O–H groups in total. The molecule has 2 heterocycles. The molecule has 0 atom stereocenters. The first-order valence-corrected chi connectivity index (χ1v) is 12.1. The van der Waals surface area contributed by atoms with E-state index >= 15 is 0 Å². The summed E-state index contributed by atoms with van der Waals surface area (Å²) in [6.45, 7) is 0.379. The van der Waals surface area contributed by atoms with Crippen LogP contribution in [-0.4, -0.2) is 15.9 Å². The van der Waals surface area contributed by atoms with Gasteiger partial charge in [0.15, 0.2) is 0 Å². The lowest BCUT2D eigenvalue weighted by Gasteiger charge is -2.09. The monoisotopic (exact) mass is 493 g/mol. The van der Waals surface area contributed by atoms with Crippen LogP contribution in [-0.2, 0) is 19.4 Å². The molecule has 5 aromatic rings. The Morgan fingerprint density at radius 2 is 1.64 bits per heavy atom. The standard InChI is InChI=1S/C30H24ClN3O2/c31-27-10-11-28-26(17-27)16-23(18-33-28)19-34-30(36)24-4-1-3-22(15-24)13-20-6-8-21(9-7-20)14-25-5-2-12-32-29(25)35/h1-12,15-18H,13-14,19H2,(H,32,35)(H,34,36). The number of hydrogen-bond acceptors (Lipinski definition) is 3. The number of carbonyl (C=O) groups is 1. The minimum Gasteiger partial charge on any atom is -0.348 e. The van der Waals surface area contributed by atoms with Gasteiger partial charge in [0.05, 0.1) is 5.52 Å². The SMILES string of the molecule is O=C(NCc1cnc2ccc(Cl)cc2c1)c1cccc(Cc2ccc(Cc3ccc[nH]c3=O)cc2)c1. The Labute approximate surface area is 213 Å². The predicted octanol–water partition coefficient (Wildman–Crippen LogP) is 5.69. The predicted molar refractivity (Wildman–Crippen MR) is 143 cm³/mol. The average Bonchev–Trinajstić information content (AvgIpc) is 2.89. The smallest absolute Gasteiger partial charge is 0.251 e. The molecule has 0 radical (unpaired) electrons. The van der Waals surface area contributed by atoms with Crippen LogP contribution in [0, 0.1) is 0 Å². The van der Waals surface area contributed by atoms with Crippen molar-refractivity contribution in [2.75, 3.05) is 0 Å². The molecule has 0 unspecified atom stereocenters. The molecule has 0 aliphatic carbocycles. The normalized spacial score (nSPS) is 10.9. The number of H-pyrrole nitrogens is 1. The van der Waals surface area contributed by atoms with Gasteiger partial charge in [-0.3, -0.25) is 14.6 Å². The molecule has 0 saturated heterocycles. The summed E-state index contributed by atoms with van der Waals surface area (Å²) in [5.74, 6) is -0.133. The number of aromatic nitrogens is 2. The number of nitrogens with one attached hydrogen (secondary N) is 2. The van der Waals surface area contributed by atoms with Crippen molar-refractivity contribution in [1.82, 2.24) is 15.3 Å². The summed E-state index contributed by atoms with van der Waals surface area (Å²) in [7, 11) is 0. The molecule has 0 spiro atoms. The summed E-state index contributed by atoms with van der Waals surface area (Å²) in [5.41, 5.74) is 6.34. The van der Waals surface area contributed by atoms with Crippen LogP contribution in [0.5, 0.6) is 0 Å². The number of nitrogens with zero attached hydrogens (tertiary/aromatic N) is 1. The second kappa shape index (κ2) is 10.6. The van der Waals surface area contributed by atoms with Gasteiger partial charge in [0.1, 0.15) is 0 Å². The van der Waals surface area contributed by atoms with Crippen LogP contribution in [0.2, 0.25) is 5.02 Å². The Kier molecular flexibility index (Phi) is 6.92. The van der Waals surface area contributed by atoms with Gasteiger partial charge in [-0.05, 0) is 71.1 Å². The Morgan fingerprint density at radius 3 is 2.44 bits per heavy atom. The minimum atomic E-state index is -0.133. The van der Waals surface area contributed by atoms with Gasteiger partial charge >= 0.3 is 0 Å². The summed E-state index contributed by atoms with van der Waals surface area (Å²) >= 11 is 6.09. The number of pyridine rings is 2. The van der Waals surface area contributed by atoms with E-state index in [1.807, 2.05) is 72.8 Å². The summed E-state index contributed by atoms with van der Waals surface area (Å²) in [6, 6.07) is 27.1. The molecule has 0 bridgehead atoms. The quantitative estimate of drug-likeness (QED) is 0.306. The molecule has 3 aromatic carbocycles. The first kappa shape index (κ1) is 23.5. The molecule has 0 aliphatic rings. The maximum absolute atomic E-state index is 12.8. The lowest BCUT2D eigenvalue weighted by Crippen LogP contribution is -2.23. The number of benzene rings is 3. The Balaban J connectivity index is 1.22. The molecule has 0 fully saturated rings. The average molecular weight is 494 g/mol. The number of halogens is 1. The van der Waals surface area contributed by atoms with Crippen LogP contribution in [0.25, 0.3) is 10.9 Å². The fraction of sp³-hybridized carbons (Fsp3) is 0.100. The molecule has 1 amide bonds. The number of aromatic amines is 1. The molecule has 6 heteroatoms. The lowest BCUT2D eigenvalue weighted by atomic mass is 9.99. The Bertz CT molecular complexity index is 1590. The van der Waals surface area contributed by atoms with E-state index in [1.165, 1.54) is 0 Å². The minimum absolute atomic E-state index is 0.0575. The number of fused-ring (bicyclic) bond motifs is 1. The van der Waals surface area contributed by atoms with Gasteiger partial charge in [0.25, 0.3) is 11.5 Å². The summed E-state index contributed by atoms with van der Waals surface area (Å²) in [6.07, 6.45) is 4.71. The van der Waals surface area contributed by atoms with Crippen molar-refractivity contribution in [3.63, 3.8) is 0 Å². The molecular weight excluding hydrogens is 470 g/mol. The van der Waals surface area contributed by atoms with Gasteiger partial charge in [-0.2, -0.15) is 0 Å². The molecule has 5 nitrogen and oxygen atoms in total. The van der Waals surface area contributed by atoms with Crippen molar-refractivity contribution in [2.24, 2.45) is 0 Å². The molecule has 5 rings (SSSR count). The van der Waals surface area contributed by atoms with E-state index < -0.39 is 0 Å². The zero-order valence-corrected chi connectivity index (χ0v) is 20.3. The van der Waals surface area contributed by atoms with Crippen molar-refractivity contribution in [3.05, 3.63) is 146 Å². The van der Waals surface area contributed by atoms with Crippen LogP contribution in [0.4, 0.5) is 0 Å². The van der Waals surface area contributed by atoms with Gasteiger partial charge in [-0.25, -0.2) is 0 Å². The Hall–Kier alpha value is -4.22. The van der Waals surface area contributed by atoms with E-state index in [1.54, 1.807) is 12.4 Å². The fourth-order valence-corrected chi connectivity index (χ4v) is 4.36. The highest BCUT2D eigenvalue weighted by Crippen LogP contribution is 2.19. The largest absolute Gasteiger partial charge is 0.348 e. The fourth-order valence-electron chi connectivity index (χ4n) is 4.18. The maximum Gasteiger partial charge on any atom is 0.251 e. The van der Waals surface area contributed by atoms with Gasteiger partial charge in [-0.15, -0.1) is 0 Å². The van der Waals surface area contributed by atoms with E-state index in [-0.39, 0.29) is 11.5 Å². The molecule has 2 aromatic heterocycles. The van der Waals surface area contributed by atoms with Crippen LogP contribution in [0.15, 0.2) is 102 Å². The lowest BCUT2D eigenvalue weighted by molar-refractivity contribution is 0.0951. The molecule has 36 heavy (non-hydrogen) atoms. The first-order chi connectivity index (χ1) is 17.5. The second-order valence-corrected chi connectivity index (χ2v) is 9.19. The third kappa shape index (κ3) is 5.70. The van der Waals surface area contributed by atoms with E-state index in [4.69, 9.17) is 11.6 Å². The van der Waals surface area contributed by atoms with Crippen LogP contribution in [0.3, 0.4) is 0 Å². The summed E-state index contributed by atoms with van der Waals surface area (Å²) in [4.78, 5) is 31.9. The van der Waals surface area contributed by atoms with E-state index in [0.29, 0.717) is 30.0 Å². The third-order valence-electron chi connectivity index (χ3n) is 6.07. The Morgan fingerprint density at radius 1 is 0.833 bits per heavy atom. The number of rotatable bonds is 7. The third-order valence-corrected chi connectivity index (χ3v) is 6.30. The topological polar surface area (TPSA) is 74.8 Å². The van der Waals surface area contributed by atoms with E-state index in [2.05, 4.69) is 27.4 Å². The maximum atomic E-state index is 12.8. The first-order valence-electron chi connectivity index (χ1n) is 11.7. The highest BCUT2D eigenvalue weighted by molar-refractivity contribution is 6.31. The van der Waals surface area contributed by atoms with Gasteiger partial charge in [0.2, 0.25) is 0 Å². The molecule has 0 saturated carbocycles. The second-order valence-electron chi connectivity index (χ2n) is 8.76. The zero-order chi connectivity index (χ0) is 24.9. The number of carbonyl (C=O) groups excluding carboxylic acids is 1. The van der Waals surface area contributed by atoms with Crippen LogP contribution in [0.1, 0.15) is 38.2 Å². The highest BCUT2D eigenvalue weighted by Gasteiger charge is 2.08. The molecule has 178 valence electrons. The van der Waals surface area contributed by atoms with E-state index in [9.17, 15) is 9.59 Å². The zero-order valence-electron chi connectivity index (χ0n) is 19.5. The highest BCUT2D eigenvalue weighted by atomic mass is 35.5. The van der Waals surface area contributed by atoms with Gasteiger partial charge in [0, 0.05) is 46.9 Å².